The molecule has 3 aliphatic rings. The number of methoxy groups -OCH3 is 1. The zero-order valence-electron chi connectivity index (χ0n) is 18.5. The lowest BCUT2D eigenvalue weighted by Crippen LogP contribution is -2.63. The molecule has 0 spiro atoms. The van der Waals surface area contributed by atoms with E-state index < -0.39 is 11.7 Å². The summed E-state index contributed by atoms with van der Waals surface area (Å²) < 4.78 is 11.7. The van der Waals surface area contributed by atoms with Crippen molar-refractivity contribution in [3.8, 4) is 5.75 Å². The number of β-lactam (4-membered cyclic amide) rings is 1. The van der Waals surface area contributed by atoms with Gasteiger partial charge in [-0.25, -0.2) is 0 Å². The number of carbonyl (C=O) groups excluding carboxylic acids is 2. The molecule has 1 saturated heterocycles. The van der Waals surface area contributed by atoms with E-state index >= 15 is 0 Å². The summed E-state index contributed by atoms with van der Waals surface area (Å²) >= 11 is 0. The minimum atomic E-state index is -0.908. The van der Waals surface area contributed by atoms with Crippen LogP contribution in [0.1, 0.15) is 45.2 Å². The molecule has 31 heavy (non-hydrogen) atoms. The van der Waals surface area contributed by atoms with Crippen molar-refractivity contribution in [2.75, 3.05) is 12.0 Å². The summed E-state index contributed by atoms with van der Waals surface area (Å²) in [5.74, 6) is 1.70. The number of Topliss-reactive ketones (excluding diaryl/α,β-unsaturated/α-hetero) is 1. The van der Waals surface area contributed by atoms with Crippen LogP contribution in [-0.2, 0) is 14.3 Å². The van der Waals surface area contributed by atoms with E-state index in [2.05, 4.69) is 13.8 Å². The van der Waals surface area contributed by atoms with Crippen molar-refractivity contribution in [3.05, 3.63) is 60.2 Å². The number of benzene rings is 2. The third-order valence-electron chi connectivity index (χ3n) is 7.82. The summed E-state index contributed by atoms with van der Waals surface area (Å²) in [6, 6.07) is 17.1. The Morgan fingerprint density at radius 3 is 2.26 bits per heavy atom. The lowest BCUT2D eigenvalue weighted by Gasteiger charge is -2.50. The molecule has 3 fully saturated rings. The monoisotopic (exact) mass is 419 g/mol. The van der Waals surface area contributed by atoms with Gasteiger partial charge in [-0.2, -0.15) is 0 Å². The summed E-state index contributed by atoms with van der Waals surface area (Å²) in [6.45, 7) is 6.34. The molecule has 2 aromatic rings. The number of ether oxygens (including phenoxy) is 2. The van der Waals surface area contributed by atoms with Crippen LogP contribution in [0.3, 0.4) is 0 Å². The van der Waals surface area contributed by atoms with E-state index in [1.54, 1.807) is 12.0 Å². The average Bonchev–Trinajstić information content (AvgIpc) is 3.29. The molecule has 2 aromatic carbocycles. The quantitative estimate of drug-likeness (QED) is 0.667. The second kappa shape index (κ2) is 6.92. The maximum Gasteiger partial charge on any atom is 0.259 e. The smallest absolute Gasteiger partial charge is 0.259 e. The molecule has 162 valence electrons. The van der Waals surface area contributed by atoms with Crippen LogP contribution in [0.5, 0.6) is 5.75 Å². The highest BCUT2D eigenvalue weighted by atomic mass is 16.5. The molecule has 0 bridgehead atoms. The third kappa shape index (κ3) is 3.09. The van der Waals surface area contributed by atoms with E-state index in [0.717, 1.165) is 17.0 Å². The molecular weight excluding hydrogens is 390 g/mol. The molecule has 1 amide bonds. The number of anilines is 1. The van der Waals surface area contributed by atoms with Gasteiger partial charge in [-0.1, -0.05) is 44.2 Å². The number of fused-ring (bicyclic) bond motifs is 1. The van der Waals surface area contributed by atoms with E-state index in [0.29, 0.717) is 24.7 Å². The summed E-state index contributed by atoms with van der Waals surface area (Å²) in [5.41, 5.74) is 1.07. The number of hydrogen-bond donors (Lipinski definition) is 0. The van der Waals surface area contributed by atoms with Crippen molar-refractivity contribution in [1.82, 2.24) is 0 Å². The van der Waals surface area contributed by atoms with Crippen molar-refractivity contribution >= 4 is 17.4 Å². The fourth-order valence-electron chi connectivity index (χ4n) is 5.59. The summed E-state index contributed by atoms with van der Waals surface area (Å²) in [7, 11) is 1.62. The van der Waals surface area contributed by atoms with Crippen molar-refractivity contribution in [3.63, 3.8) is 0 Å². The zero-order valence-corrected chi connectivity index (χ0v) is 18.5. The molecule has 0 N–H and O–H groups in total. The second-order valence-electron chi connectivity index (χ2n) is 9.90. The van der Waals surface area contributed by atoms with Gasteiger partial charge in [0.1, 0.15) is 11.4 Å². The summed E-state index contributed by atoms with van der Waals surface area (Å²) in [5, 5.41) is 0. The molecule has 5 heteroatoms. The Hall–Kier alpha value is -2.66. The SMILES string of the molecule is COc1ccc(N2C(=O)[C@H](O[C@]3(C)C[C@H]4[C@@H](CC3=O)C4(C)C)[C@@H]2c2ccccc2)cc1. The van der Waals surface area contributed by atoms with E-state index in [-0.39, 0.29) is 23.1 Å². The Kier molecular flexibility index (Phi) is 4.52. The van der Waals surface area contributed by atoms with Crippen LogP contribution in [0.15, 0.2) is 54.6 Å². The highest BCUT2D eigenvalue weighted by Crippen LogP contribution is 2.66. The largest absolute Gasteiger partial charge is 0.497 e. The topological polar surface area (TPSA) is 55.8 Å². The van der Waals surface area contributed by atoms with Gasteiger partial charge in [0.2, 0.25) is 0 Å². The molecule has 0 radical (unpaired) electrons. The normalized spacial score (nSPS) is 33.5. The fourth-order valence-corrected chi connectivity index (χ4v) is 5.59. The Morgan fingerprint density at radius 2 is 1.61 bits per heavy atom. The molecule has 1 aliphatic heterocycles. The van der Waals surface area contributed by atoms with Gasteiger partial charge in [-0.15, -0.1) is 0 Å². The number of hydrogen-bond acceptors (Lipinski definition) is 4. The first-order valence-corrected chi connectivity index (χ1v) is 11.0. The number of nitrogens with zero attached hydrogens (tertiary/aromatic N) is 1. The van der Waals surface area contributed by atoms with Crippen molar-refractivity contribution in [1.29, 1.82) is 0 Å². The van der Waals surface area contributed by atoms with E-state index in [1.807, 2.05) is 61.5 Å². The van der Waals surface area contributed by atoms with Gasteiger partial charge < -0.3 is 9.47 Å². The minimum absolute atomic E-state index is 0.106. The molecule has 5 rings (SSSR count). The first kappa shape index (κ1) is 20.3. The predicted octanol–water partition coefficient (Wildman–Crippen LogP) is 4.56. The molecule has 5 nitrogen and oxygen atoms in total. The van der Waals surface area contributed by atoms with Gasteiger partial charge in [-0.05, 0) is 60.4 Å². The van der Waals surface area contributed by atoms with Crippen molar-refractivity contribution in [2.45, 2.75) is 51.4 Å². The third-order valence-corrected chi connectivity index (χ3v) is 7.82. The van der Waals surface area contributed by atoms with Gasteiger partial charge in [0.05, 0.1) is 13.2 Å². The lowest BCUT2D eigenvalue weighted by atomic mass is 9.83. The Balaban J connectivity index is 1.44. The Morgan fingerprint density at radius 1 is 0.935 bits per heavy atom. The van der Waals surface area contributed by atoms with Crippen LogP contribution < -0.4 is 9.64 Å². The number of rotatable bonds is 5. The molecule has 2 aliphatic carbocycles. The second-order valence-corrected chi connectivity index (χ2v) is 9.90. The molecule has 5 atom stereocenters. The van der Waals surface area contributed by atoms with Crippen molar-refractivity contribution in [2.24, 2.45) is 17.3 Å². The van der Waals surface area contributed by atoms with Gasteiger partial charge in [0.15, 0.2) is 11.9 Å². The standard InChI is InChI=1S/C26H29NO4/c1-25(2)19-14-21(28)26(3,15-20(19)25)31-23-22(16-8-6-5-7-9-16)27(24(23)29)17-10-12-18(30-4)13-11-17/h5-13,19-20,22-23H,14-15H2,1-4H3/t19-,20+,22+,23-,26-/m1/s1. The van der Waals surface area contributed by atoms with E-state index in [9.17, 15) is 9.59 Å². The number of carbonyl (C=O) groups is 2. The predicted molar refractivity (Wildman–Crippen MR) is 118 cm³/mol. The van der Waals surface area contributed by atoms with Gasteiger partial charge in [0, 0.05) is 12.1 Å². The minimum Gasteiger partial charge on any atom is -0.497 e. The van der Waals surface area contributed by atoms with Gasteiger partial charge in [-0.3, -0.25) is 14.5 Å². The molecule has 2 saturated carbocycles. The molecule has 1 heterocycles. The van der Waals surface area contributed by atoms with Crippen LogP contribution in [-0.4, -0.2) is 30.5 Å². The summed E-state index contributed by atoms with van der Waals surface area (Å²) in [6.07, 6.45) is 0.571. The van der Waals surface area contributed by atoms with Gasteiger partial charge >= 0.3 is 0 Å². The molecule has 0 aromatic heterocycles. The van der Waals surface area contributed by atoms with E-state index in [1.165, 1.54) is 0 Å². The first-order chi connectivity index (χ1) is 14.8. The van der Waals surface area contributed by atoms with E-state index in [4.69, 9.17) is 9.47 Å². The Bertz CT molecular complexity index is 1020. The lowest BCUT2D eigenvalue weighted by molar-refractivity contribution is -0.173. The highest BCUT2D eigenvalue weighted by Gasteiger charge is 2.66. The van der Waals surface area contributed by atoms with Crippen LogP contribution >= 0.6 is 0 Å². The zero-order chi connectivity index (χ0) is 22.0. The van der Waals surface area contributed by atoms with Crippen LogP contribution in [0.25, 0.3) is 0 Å². The molecule has 0 unspecified atom stereocenters. The van der Waals surface area contributed by atoms with Crippen LogP contribution in [0.2, 0.25) is 0 Å². The van der Waals surface area contributed by atoms with Crippen LogP contribution in [0, 0.1) is 17.3 Å². The summed E-state index contributed by atoms with van der Waals surface area (Å²) in [4.78, 5) is 28.1. The van der Waals surface area contributed by atoms with Crippen molar-refractivity contribution < 1.29 is 19.1 Å². The number of ketones is 1. The molecular formula is C26H29NO4. The fraction of sp³-hybridized carbons (Fsp3) is 0.462. The Labute approximate surface area is 183 Å². The number of amides is 1. The average molecular weight is 420 g/mol. The maximum atomic E-state index is 13.3. The highest BCUT2D eigenvalue weighted by molar-refractivity contribution is 6.05. The maximum absolute atomic E-state index is 13.3. The van der Waals surface area contributed by atoms with Gasteiger partial charge in [0.25, 0.3) is 5.91 Å². The first-order valence-electron chi connectivity index (χ1n) is 11.0. The van der Waals surface area contributed by atoms with Crippen LogP contribution in [0.4, 0.5) is 5.69 Å².